The third-order valence-corrected chi connectivity index (χ3v) is 9.06. The molecule has 0 bridgehead atoms. The van der Waals surface area contributed by atoms with E-state index in [-0.39, 0.29) is 24.0 Å². The van der Waals surface area contributed by atoms with Gasteiger partial charge in [-0.2, -0.15) is 0 Å². The predicted molar refractivity (Wildman–Crippen MR) is 129 cm³/mol. The fraction of sp³-hybridized carbons (Fsp3) is 0.536. The first kappa shape index (κ1) is 22.6. The van der Waals surface area contributed by atoms with Crippen molar-refractivity contribution in [1.82, 2.24) is 10.3 Å². The molecule has 0 spiro atoms. The lowest BCUT2D eigenvalue weighted by atomic mass is 9.55. The van der Waals surface area contributed by atoms with E-state index in [2.05, 4.69) is 29.9 Å². The molecule has 1 aromatic carbocycles. The van der Waals surface area contributed by atoms with Crippen LogP contribution in [0.25, 0.3) is 0 Å². The van der Waals surface area contributed by atoms with E-state index in [4.69, 9.17) is 0 Å². The maximum atomic E-state index is 10.9. The van der Waals surface area contributed by atoms with Crippen LogP contribution in [0.2, 0.25) is 0 Å². The second kappa shape index (κ2) is 8.86. The maximum absolute atomic E-state index is 10.9. The molecule has 2 fully saturated rings. The van der Waals surface area contributed by atoms with E-state index < -0.39 is 6.10 Å². The minimum Gasteiger partial charge on any atom is -0.508 e. The SMILES string of the molecule is C=CC(NCc1ccccn1)c1c(O)ccc2c1CC[C@@H]1[C@@H]2CC[C@]2(C)[C@@H](O)[C@H](CO)C[C@@H]12. The number of aliphatic hydroxyl groups is 2. The highest BCUT2D eigenvalue weighted by Crippen LogP contribution is 2.62. The summed E-state index contributed by atoms with van der Waals surface area (Å²) in [6, 6.07) is 9.70. The van der Waals surface area contributed by atoms with E-state index in [0.29, 0.717) is 30.0 Å². The van der Waals surface area contributed by atoms with Crippen molar-refractivity contribution in [3.8, 4) is 5.75 Å². The van der Waals surface area contributed by atoms with Crippen LogP contribution in [0, 0.1) is 23.2 Å². The van der Waals surface area contributed by atoms with Gasteiger partial charge in [0.2, 0.25) is 0 Å². The summed E-state index contributed by atoms with van der Waals surface area (Å²) >= 11 is 0. The van der Waals surface area contributed by atoms with Crippen LogP contribution < -0.4 is 5.32 Å². The predicted octanol–water partition coefficient (Wildman–Crippen LogP) is 4.24. The Labute approximate surface area is 196 Å². The molecule has 7 atom stereocenters. The maximum Gasteiger partial charge on any atom is 0.120 e. The molecule has 1 aromatic heterocycles. The molecule has 0 radical (unpaired) electrons. The van der Waals surface area contributed by atoms with Gasteiger partial charge in [0.25, 0.3) is 0 Å². The Morgan fingerprint density at radius 3 is 2.85 bits per heavy atom. The van der Waals surface area contributed by atoms with E-state index in [1.807, 2.05) is 30.3 Å². The summed E-state index contributed by atoms with van der Waals surface area (Å²) in [6.45, 7) is 6.97. The van der Waals surface area contributed by atoms with Crippen molar-refractivity contribution in [3.05, 3.63) is 71.6 Å². The Hall–Kier alpha value is -2.21. The molecule has 5 nitrogen and oxygen atoms in total. The first-order valence-corrected chi connectivity index (χ1v) is 12.4. The lowest BCUT2D eigenvalue weighted by molar-refractivity contribution is -0.0379. The zero-order valence-corrected chi connectivity index (χ0v) is 19.5. The fourth-order valence-electron chi connectivity index (χ4n) is 7.38. The molecular formula is C28H36N2O3. The number of nitrogens with one attached hydrogen (secondary N) is 1. The molecule has 1 unspecified atom stereocenters. The van der Waals surface area contributed by atoms with Gasteiger partial charge in [0.15, 0.2) is 0 Å². The molecule has 3 aliphatic rings. The van der Waals surface area contributed by atoms with E-state index in [1.165, 1.54) is 11.1 Å². The van der Waals surface area contributed by atoms with Crippen LogP contribution in [-0.2, 0) is 13.0 Å². The van der Waals surface area contributed by atoms with Gasteiger partial charge in [0.05, 0.1) is 17.8 Å². The largest absolute Gasteiger partial charge is 0.508 e. The van der Waals surface area contributed by atoms with Gasteiger partial charge in [0, 0.05) is 30.8 Å². The number of benzene rings is 1. The number of aromatic hydroxyl groups is 1. The summed E-state index contributed by atoms with van der Waals surface area (Å²) in [5, 5.41) is 35.2. The average molecular weight is 449 g/mol. The standard InChI is InChI=1S/C28H36N2O3/c1-3-24(30-15-18-6-4-5-13-29-18)26-22-8-7-21-20(19(22)9-10-25(26)32)11-12-28(2)23(21)14-17(16-31)27(28)33/h3-6,9-10,13,17,20-21,23-24,27,30-33H,1,7-8,11-12,14-16H2,2H3/t17-,20+,21+,23-,24?,27-,28-/m0/s1. The summed E-state index contributed by atoms with van der Waals surface area (Å²) in [5.74, 6) is 1.71. The third-order valence-electron chi connectivity index (χ3n) is 9.06. The zero-order chi connectivity index (χ0) is 23.2. The number of rotatable bonds is 6. The van der Waals surface area contributed by atoms with Crippen LogP contribution in [-0.4, -0.2) is 33.0 Å². The molecular weight excluding hydrogens is 412 g/mol. The average Bonchev–Trinajstić information content (AvgIpc) is 3.11. The van der Waals surface area contributed by atoms with Gasteiger partial charge in [0.1, 0.15) is 5.75 Å². The summed E-state index contributed by atoms with van der Waals surface area (Å²) in [6.07, 6.45) is 8.18. The van der Waals surface area contributed by atoms with Crippen molar-refractivity contribution < 1.29 is 15.3 Å². The quantitative estimate of drug-likeness (QED) is 0.497. The molecule has 0 amide bonds. The van der Waals surface area contributed by atoms with Gasteiger partial charge in [-0.25, -0.2) is 0 Å². The molecule has 1 heterocycles. The second-order valence-corrected chi connectivity index (χ2v) is 10.6. The smallest absolute Gasteiger partial charge is 0.120 e. The van der Waals surface area contributed by atoms with Crippen molar-refractivity contribution in [1.29, 1.82) is 0 Å². The van der Waals surface area contributed by atoms with Crippen LogP contribution >= 0.6 is 0 Å². The van der Waals surface area contributed by atoms with Crippen LogP contribution in [0.4, 0.5) is 0 Å². The van der Waals surface area contributed by atoms with Crippen molar-refractivity contribution in [3.63, 3.8) is 0 Å². The van der Waals surface area contributed by atoms with Crippen molar-refractivity contribution in [2.45, 2.75) is 63.6 Å². The third kappa shape index (κ3) is 3.71. The van der Waals surface area contributed by atoms with E-state index in [9.17, 15) is 15.3 Å². The van der Waals surface area contributed by atoms with E-state index in [0.717, 1.165) is 43.4 Å². The number of pyridine rings is 1. The van der Waals surface area contributed by atoms with Crippen molar-refractivity contribution >= 4 is 0 Å². The molecule has 33 heavy (non-hydrogen) atoms. The van der Waals surface area contributed by atoms with Crippen LogP contribution in [0.15, 0.2) is 49.2 Å². The van der Waals surface area contributed by atoms with Crippen LogP contribution in [0.5, 0.6) is 5.75 Å². The molecule has 4 N–H and O–H groups in total. The molecule has 176 valence electrons. The van der Waals surface area contributed by atoms with Gasteiger partial charge in [-0.05, 0) is 84.6 Å². The highest BCUT2D eigenvalue weighted by atomic mass is 16.3. The Bertz CT molecular complexity index is 1010. The van der Waals surface area contributed by atoms with Gasteiger partial charge in [-0.1, -0.05) is 25.1 Å². The molecule has 5 rings (SSSR count). The summed E-state index contributed by atoms with van der Waals surface area (Å²) in [5.41, 5.74) is 4.42. The lowest BCUT2D eigenvalue weighted by Crippen LogP contribution is -2.44. The Balaban J connectivity index is 1.44. The number of phenolic OH excluding ortho intramolecular Hbond substituents is 1. The summed E-state index contributed by atoms with van der Waals surface area (Å²) in [7, 11) is 0. The number of phenols is 1. The fourth-order valence-corrected chi connectivity index (χ4v) is 7.38. The van der Waals surface area contributed by atoms with Crippen LogP contribution in [0.1, 0.15) is 67.0 Å². The van der Waals surface area contributed by atoms with Gasteiger partial charge >= 0.3 is 0 Å². The molecule has 0 saturated heterocycles. The molecule has 3 aliphatic carbocycles. The van der Waals surface area contributed by atoms with Gasteiger partial charge in [-0.15, -0.1) is 6.58 Å². The second-order valence-electron chi connectivity index (χ2n) is 10.6. The Kier molecular flexibility index (Phi) is 6.06. The normalized spacial score (nSPS) is 33.6. The minimum atomic E-state index is -0.411. The topological polar surface area (TPSA) is 85.6 Å². The van der Waals surface area contributed by atoms with Gasteiger partial charge < -0.3 is 20.6 Å². The summed E-state index contributed by atoms with van der Waals surface area (Å²) in [4.78, 5) is 4.40. The molecule has 2 aromatic rings. The minimum absolute atomic E-state index is 0.00327. The van der Waals surface area contributed by atoms with Crippen molar-refractivity contribution in [2.24, 2.45) is 23.2 Å². The van der Waals surface area contributed by atoms with E-state index in [1.54, 1.807) is 6.20 Å². The zero-order valence-electron chi connectivity index (χ0n) is 19.5. The number of aromatic nitrogens is 1. The number of hydrogen-bond acceptors (Lipinski definition) is 5. The van der Waals surface area contributed by atoms with E-state index >= 15 is 0 Å². The monoisotopic (exact) mass is 448 g/mol. The highest BCUT2D eigenvalue weighted by molar-refractivity contribution is 5.50. The number of hydrogen-bond donors (Lipinski definition) is 4. The first-order valence-electron chi connectivity index (χ1n) is 12.4. The first-order chi connectivity index (χ1) is 16.0. The number of nitrogens with zero attached hydrogens (tertiary/aromatic N) is 1. The Morgan fingerprint density at radius 2 is 2.12 bits per heavy atom. The number of fused-ring (bicyclic) bond motifs is 5. The summed E-state index contributed by atoms with van der Waals surface area (Å²) < 4.78 is 0. The molecule has 5 heteroatoms. The highest BCUT2D eigenvalue weighted by Gasteiger charge is 2.57. The number of aliphatic hydroxyl groups excluding tert-OH is 2. The van der Waals surface area contributed by atoms with Crippen LogP contribution in [0.3, 0.4) is 0 Å². The van der Waals surface area contributed by atoms with Gasteiger partial charge in [-0.3, -0.25) is 4.98 Å². The molecule has 2 saturated carbocycles. The Morgan fingerprint density at radius 1 is 1.27 bits per heavy atom. The van der Waals surface area contributed by atoms with Crippen molar-refractivity contribution in [2.75, 3.05) is 6.61 Å². The molecule has 0 aliphatic heterocycles. The lowest BCUT2D eigenvalue weighted by Gasteiger charge is -2.50.